The molecule has 0 amide bonds. The van der Waals surface area contributed by atoms with E-state index in [0.29, 0.717) is 13.0 Å². The van der Waals surface area contributed by atoms with Crippen LogP contribution in [0.25, 0.3) is 0 Å². The van der Waals surface area contributed by atoms with Crippen LogP contribution in [0, 0.1) is 0 Å². The Hall–Kier alpha value is -2.00. The van der Waals surface area contributed by atoms with Crippen molar-refractivity contribution in [3.05, 3.63) is 73.3 Å². The Morgan fingerprint density at radius 3 is 1.88 bits per heavy atom. The van der Waals surface area contributed by atoms with Gasteiger partial charge in [0.25, 0.3) is 0 Å². The summed E-state index contributed by atoms with van der Waals surface area (Å²) < 4.78 is 66.6. The predicted octanol–water partition coefficient (Wildman–Crippen LogP) is 3.93. The van der Waals surface area contributed by atoms with E-state index in [2.05, 4.69) is 6.58 Å². The van der Waals surface area contributed by atoms with Gasteiger partial charge in [0.05, 0.1) is 27.6 Å². The van der Waals surface area contributed by atoms with Crippen LogP contribution < -0.4 is 0 Å². The molecule has 2 saturated heterocycles. The highest BCUT2D eigenvalue weighted by atomic mass is 32.3. The van der Waals surface area contributed by atoms with Crippen molar-refractivity contribution < 1.29 is 26.3 Å². The average molecular weight is 477 g/mol. The second-order valence-electron chi connectivity index (χ2n) is 8.62. The van der Waals surface area contributed by atoms with Gasteiger partial charge < -0.3 is 9.47 Å². The standard InChI is InChI=1S/C24H28O6S2/c1-3-19-17-24(31(25,26)20-11-6-4-7-12-20,32(27,28)21-13-8-5-9-14-21)18-22(30-19)23(2)15-10-16-29-23/h3-9,11-14,19,22H,1,10,15-18H2,2H3/t19-,22+,23-/m0/s1. The van der Waals surface area contributed by atoms with Crippen LogP contribution in [0.5, 0.6) is 0 Å². The number of hydrogen-bond donors (Lipinski definition) is 0. The van der Waals surface area contributed by atoms with Gasteiger partial charge in [0.15, 0.2) is 23.8 Å². The molecule has 0 saturated carbocycles. The molecule has 6 nitrogen and oxygen atoms in total. The minimum absolute atomic E-state index is 0.0274. The van der Waals surface area contributed by atoms with Gasteiger partial charge in [0, 0.05) is 19.4 Å². The Morgan fingerprint density at radius 1 is 0.906 bits per heavy atom. The third kappa shape index (κ3) is 3.63. The van der Waals surface area contributed by atoms with E-state index in [1.807, 2.05) is 6.92 Å². The Kier molecular flexibility index (Phi) is 6.09. The smallest absolute Gasteiger partial charge is 0.199 e. The second kappa shape index (κ2) is 8.41. The highest BCUT2D eigenvalue weighted by Gasteiger charge is 2.62. The summed E-state index contributed by atoms with van der Waals surface area (Å²) in [5, 5.41) is 0. The van der Waals surface area contributed by atoms with Crippen LogP contribution in [-0.4, -0.2) is 45.3 Å². The minimum atomic E-state index is -4.33. The zero-order valence-electron chi connectivity index (χ0n) is 18.0. The lowest BCUT2D eigenvalue weighted by Gasteiger charge is -2.46. The Balaban J connectivity index is 1.96. The molecule has 0 spiro atoms. The topological polar surface area (TPSA) is 86.7 Å². The molecule has 0 radical (unpaired) electrons. The van der Waals surface area contributed by atoms with Crippen molar-refractivity contribution in [2.75, 3.05) is 6.61 Å². The summed E-state index contributed by atoms with van der Waals surface area (Å²) >= 11 is 0. The molecule has 2 fully saturated rings. The molecule has 2 aromatic rings. The minimum Gasteiger partial charge on any atom is -0.373 e. The fraction of sp³-hybridized carbons (Fsp3) is 0.417. The van der Waals surface area contributed by atoms with Crippen LogP contribution in [0.2, 0.25) is 0 Å². The summed E-state index contributed by atoms with van der Waals surface area (Å²) in [6, 6.07) is 15.6. The molecule has 0 bridgehead atoms. The molecule has 2 aromatic carbocycles. The van der Waals surface area contributed by atoms with Gasteiger partial charge in [-0.15, -0.1) is 6.58 Å². The van der Waals surface area contributed by atoms with Crippen LogP contribution in [0.1, 0.15) is 32.6 Å². The van der Waals surface area contributed by atoms with Crippen LogP contribution >= 0.6 is 0 Å². The molecule has 3 atom stereocenters. The summed E-state index contributed by atoms with van der Waals surface area (Å²) in [5.41, 5.74) is -0.772. The SMILES string of the molecule is C=C[C@H]1CC(S(=O)(=O)c2ccccc2)(S(=O)(=O)c2ccccc2)C[C@H]([C@]2(C)CCCO2)O1. The van der Waals surface area contributed by atoms with Crippen molar-refractivity contribution in [2.24, 2.45) is 0 Å². The molecule has 0 aromatic heterocycles. The van der Waals surface area contributed by atoms with Gasteiger partial charge in [-0.25, -0.2) is 16.8 Å². The molecule has 2 aliphatic rings. The van der Waals surface area contributed by atoms with Crippen molar-refractivity contribution >= 4 is 19.7 Å². The molecule has 0 N–H and O–H groups in total. The lowest BCUT2D eigenvalue weighted by atomic mass is 9.88. The van der Waals surface area contributed by atoms with E-state index in [1.165, 1.54) is 30.3 Å². The van der Waals surface area contributed by atoms with Gasteiger partial charge >= 0.3 is 0 Å². The van der Waals surface area contributed by atoms with Crippen molar-refractivity contribution in [3.8, 4) is 0 Å². The predicted molar refractivity (Wildman–Crippen MR) is 122 cm³/mol. The second-order valence-corrected chi connectivity index (χ2v) is 13.4. The van der Waals surface area contributed by atoms with Gasteiger partial charge in [-0.3, -0.25) is 0 Å². The molecule has 2 aliphatic heterocycles. The highest BCUT2D eigenvalue weighted by Crippen LogP contribution is 2.49. The van der Waals surface area contributed by atoms with Gasteiger partial charge in [0.1, 0.15) is 0 Å². The van der Waals surface area contributed by atoms with Gasteiger partial charge in [-0.2, -0.15) is 0 Å². The summed E-state index contributed by atoms with van der Waals surface area (Å²) in [6.07, 6.45) is 1.01. The summed E-state index contributed by atoms with van der Waals surface area (Å²) in [6.45, 7) is 6.18. The fourth-order valence-electron chi connectivity index (χ4n) is 4.74. The number of rotatable bonds is 6. The highest BCUT2D eigenvalue weighted by molar-refractivity contribution is 8.10. The molecule has 0 aliphatic carbocycles. The van der Waals surface area contributed by atoms with Gasteiger partial charge in [0.2, 0.25) is 0 Å². The first-order valence-corrected chi connectivity index (χ1v) is 13.6. The molecular weight excluding hydrogens is 448 g/mol. The van der Waals surface area contributed by atoms with Gasteiger partial charge in [-0.1, -0.05) is 42.5 Å². The number of ether oxygens (including phenoxy) is 2. The van der Waals surface area contributed by atoms with E-state index in [0.717, 1.165) is 6.42 Å². The average Bonchev–Trinajstić information content (AvgIpc) is 3.27. The lowest BCUT2D eigenvalue weighted by Crippen LogP contribution is -2.59. The quantitative estimate of drug-likeness (QED) is 0.587. The monoisotopic (exact) mass is 476 g/mol. The first-order chi connectivity index (χ1) is 15.2. The molecule has 4 rings (SSSR count). The molecular formula is C24H28O6S2. The summed E-state index contributed by atoms with van der Waals surface area (Å²) in [5.74, 6) is 0. The van der Waals surface area contributed by atoms with Crippen LogP contribution in [0.15, 0.2) is 83.1 Å². The molecule has 8 heteroatoms. The zero-order chi connectivity index (χ0) is 23.0. The lowest BCUT2D eigenvalue weighted by molar-refractivity contribution is -0.145. The van der Waals surface area contributed by atoms with E-state index in [4.69, 9.17) is 9.47 Å². The van der Waals surface area contributed by atoms with Crippen molar-refractivity contribution in [1.82, 2.24) is 0 Å². The summed E-state index contributed by atoms with van der Waals surface area (Å²) in [7, 11) is -8.67. The van der Waals surface area contributed by atoms with Gasteiger partial charge in [-0.05, 0) is 44.0 Å². The van der Waals surface area contributed by atoms with Crippen molar-refractivity contribution in [3.63, 3.8) is 0 Å². The van der Waals surface area contributed by atoms with E-state index in [9.17, 15) is 16.8 Å². The molecule has 172 valence electrons. The maximum absolute atomic E-state index is 14.1. The van der Waals surface area contributed by atoms with E-state index in [-0.39, 0.29) is 22.6 Å². The fourth-order valence-corrected chi connectivity index (χ4v) is 9.88. The van der Waals surface area contributed by atoms with E-state index in [1.54, 1.807) is 36.4 Å². The maximum Gasteiger partial charge on any atom is 0.199 e. The van der Waals surface area contributed by atoms with E-state index < -0.39 is 41.6 Å². The first-order valence-electron chi connectivity index (χ1n) is 10.7. The van der Waals surface area contributed by atoms with Crippen LogP contribution in [-0.2, 0) is 29.1 Å². The maximum atomic E-state index is 14.1. The zero-order valence-corrected chi connectivity index (χ0v) is 19.6. The summed E-state index contributed by atoms with van der Waals surface area (Å²) in [4.78, 5) is -0.0547. The number of hydrogen-bond acceptors (Lipinski definition) is 6. The number of benzene rings is 2. The van der Waals surface area contributed by atoms with Crippen LogP contribution in [0.4, 0.5) is 0 Å². The molecule has 32 heavy (non-hydrogen) atoms. The van der Waals surface area contributed by atoms with Crippen molar-refractivity contribution in [1.29, 1.82) is 0 Å². The number of sulfone groups is 2. The van der Waals surface area contributed by atoms with E-state index >= 15 is 0 Å². The molecule has 0 unspecified atom stereocenters. The normalized spacial score (nSPS) is 28.3. The molecule has 2 heterocycles. The first kappa shape index (κ1) is 23.2. The Labute approximate surface area is 190 Å². The largest absolute Gasteiger partial charge is 0.373 e. The third-order valence-corrected chi connectivity index (χ3v) is 12.4. The van der Waals surface area contributed by atoms with Crippen molar-refractivity contribution in [2.45, 2.75) is 64.3 Å². The Morgan fingerprint density at radius 2 is 1.44 bits per heavy atom. The Bertz CT molecular complexity index is 1100. The van der Waals surface area contributed by atoms with Crippen LogP contribution in [0.3, 0.4) is 0 Å². The third-order valence-electron chi connectivity index (χ3n) is 6.63.